The topological polar surface area (TPSA) is 104 Å². The van der Waals surface area contributed by atoms with Crippen LogP contribution < -0.4 is 14.9 Å². The van der Waals surface area contributed by atoms with E-state index in [-0.39, 0.29) is 16.8 Å². The number of fused-ring (bicyclic) bond motifs is 1. The number of allylic oxidation sites excluding steroid dienone is 1. The number of esters is 1. The summed E-state index contributed by atoms with van der Waals surface area (Å²) < 4.78 is 6.74. The summed E-state index contributed by atoms with van der Waals surface area (Å²) in [6, 6.07) is 12.1. The van der Waals surface area contributed by atoms with Gasteiger partial charge in [0.2, 0.25) is 0 Å². The molecule has 2 heterocycles. The average Bonchev–Trinajstić information content (AvgIpc) is 3.07. The highest BCUT2D eigenvalue weighted by atomic mass is 35.5. The predicted octanol–water partition coefficient (Wildman–Crippen LogP) is 2.97. The molecule has 0 unspecified atom stereocenters. The van der Waals surface area contributed by atoms with Crippen LogP contribution in [-0.2, 0) is 9.53 Å². The standard InChI is InChI=1S/C22H16ClN3O5S/c1-12-18(21(28)31-2)19(14-6-8-15(23)9-7-14)25-20(27)17(32-22(25)24-12)11-13-4-3-5-16(10-13)26(29)30/h3-11,19H,1-2H3/b17-11+/t19-/m0/s1. The van der Waals surface area contributed by atoms with Gasteiger partial charge in [0.1, 0.15) is 0 Å². The molecular weight excluding hydrogens is 454 g/mol. The molecule has 2 aromatic carbocycles. The summed E-state index contributed by atoms with van der Waals surface area (Å²) in [4.78, 5) is 41.5. The maximum Gasteiger partial charge on any atom is 0.338 e. The maximum atomic E-state index is 13.4. The molecule has 162 valence electrons. The number of rotatable bonds is 4. The van der Waals surface area contributed by atoms with Gasteiger partial charge in [-0.2, -0.15) is 0 Å². The number of methoxy groups -OCH3 is 1. The van der Waals surface area contributed by atoms with Crippen LogP contribution in [-0.4, -0.2) is 22.6 Å². The van der Waals surface area contributed by atoms with E-state index in [1.165, 1.54) is 23.8 Å². The molecule has 1 aliphatic heterocycles. The van der Waals surface area contributed by atoms with Gasteiger partial charge in [-0.3, -0.25) is 19.5 Å². The Balaban J connectivity index is 1.95. The third-order valence-corrected chi connectivity index (χ3v) is 6.23. The van der Waals surface area contributed by atoms with Gasteiger partial charge in [-0.15, -0.1) is 0 Å². The summed E-state index contributed by atoms with van der Waals surface area (Å²) in [6.45, 7) is 1.69. The van der Waals surface area contributed by atoms with Gasteiger partial charge in [-0.1, -0.05) is 47.2 Å². The predicted molar refractivity (Wildman–Crippen MR) is 120 cm³/mol. The normalized spacial score (nSPS) is 15.8. The Kier molecular flexibility index (Phi) is 5.77. The molecular formula is C22H16ClN3O5S. The number of benzene rings is 2. The van der Waals surface area contributed by atoms with E-state index in [2.05, 4.69) is 4.99 Å². The quantitative estimate of drug-likeness (QED) is 0.332. The molecule has 0 saturated carbocycles. The third-order valence-electron chi connectivity index (χ3n) is 4.99. The SMILES string of the molecule is COC(=O)C1=C(C)N=c2s/c(=C/c3cccc([N+](=O)[O-])c3)c(=O)n2[C@H]1c1ccc(Cl)cc1. The minimum absolute atomic E-state index is 0.0746. The van der Waals surface area contributed by atoms with E-state index in [4.69, 9.17) is 16.3 Å². The first-order chi connectivity index (χ1) is 15.3. The number of aromatic nitrogens is 1. The van der Waals surface area contributed by atoms with Crippen molar-refractivity contribution in [2.45, 2.75) is 13.0 Å². The van der Waals surface area contributed by atoms with Crippen molar-refractivity contribution in [3.63, 3.8) is 0 Å². The highest BCUT2D eigenvalue weighted by Gasteiger charge is 2.33. The van der Waals surface area contributed by atoms with E-state index < -0.39 is 16.9 Å². The molecule has 1 aromatic heterocycles. The molecule has 1 atom stereocenters. The second-order valence-electron chi connectivity index (χ2n) is 6.98. The minimum atomic E-state index is -0.747. The lowest BCUT2D eigenvalue weighted by molar-refractivity contribution is -0.384. The molecule has 0 fully saturated rings. The van der Waals surface area contributed by atoms with Crippen molar-refractivity contribution in [2.75, 3.05) is 7.11 Å². The average molecular weight is 470 g/mol. The van der Waals surface area contributed by atoms with Crippen LogP contribution in [0.3, 0.4) is 0 Å². The number of non-ortho nitro benzene ring substituents is 1. The number of ether oxygens (including phenoxy) is 1. The van der Waals surface area contributed by atoms with E-state index in [1.54, 1.807) is 49.4 Å². The van der Waals surface area contributed by atoms with Crippen molar-refractivity contribution in [3.8, 4) is 0 Å². The maximum absolute atomic E-state index is 13.4. The molecule has 0 bridgehead atoms. The molecule has 8 nitrogen and oxygen atoms in total. The Morgan fingerprint density at radius 3 is 2.66 bits per heavy atom. The van der Waals surface area contributed by atoms with Gasteiger partial charge in [0.05, 0.1) is 33.9 Å². The molecule has 0 aliphatic carbocycles. The smallest absolute Gasteiger partial charge is 0.338 e. The van der Waals surface area contributed by atoms with Crippen molar-refractivity contribution in [1.29, 1.82) is 0 Å². The Labute approximate surface area is 190 Å². The number of nitrogens with zero attached hydrogens (tertiary/aromatic N) is 3. The van der Waals surface area contributed by atoms with Crippen molar-refractivity contribution < 1.29 is 14.5 Å². The number of hydrogen-bond acceptors (Lipinski definition) is 7. The molecule has 0 spiro atoms. The molecule has 10 heteroatoms. The first-order valence-electron chi connectivity index (χ1n) is 9.41. The fourth-order valence-corrected chi connectivity index (χ4v) is 4.71. The van der Waals surface area contributed by atoms with Crippen LogP contribution in [0.25, 0.3) is 6.08 Å². The highest BCUT2D eigenvalue weighted by Crippen LogP contribution is 2.31. The van der Waals surface area contributed by atoms with Crippen molar-refractivity contribution in [1.82, 2.24) is 4.57 Å². The van der Waals surface area contributed by atoms with E-state index in [1.807, 2.05) is 0 Å². The van der Waals surface area contributed by atoms with Crippen molar-refractivity contribution in [2.24, 2.45) is 4.99 Å². The fraction of sp³-hybridized carbons (Fsp3) is 0.136. The zero-order valence-corrected chi connectivity index (χ0v) is 18.5. The molecule has 4 rings (SSSR count). The first-order valence-corrected chi connectivity index (χ1v) is 10.6. The van der Waals surface area contributed by atoms with Crippen LogP contribution in [0.4, 0.5) is 5.69 Å². The molecule has 0 N–H and O–H groups in total. The lowest BCUT2D eigenvalue weighted by atomic mass is 9.96. The number of hydrogen-bond donors (Lipinski definition) is 0. The molecule has 0 radical (unpaired) electrons. The molecule has 32 heavy (non-hydrogen) atoms. The van der Waals surface area contributed by atoms with Crippen LogP contribution in [0, 0.1) is 10.1 Å². The van der Waals surface area contributed by atoms with Gasteiger partial charge in [0, 0.05) is 17.2 Å². The highest BCUT2D eigenvalue weighted by molar-refractivity contribution is 7.07. The zero-order valence-electron chi connectivity index (χ0n) is 16.9. The largest absolute Gasteiger partial charge is 0.466 e. The van der Waals surface area contributed by atoms with Crippen molar-refractivity contribution in [3.05, 3.63) is 106 Å². The van der Waals surface area contributed by atoms with Gasteiger partial charge in [0.25, 0.3) is 11.2 Å². The third kappa shape index (κ3) is 3.88. The van der Waals surface area contributed by atoms with E-state index in [9.17, 15) is 19.7 Å². The van der Waals surface area contributed by atoms with Gasteiger partial charge < -0.3 is 4.74 Å². The van der Waals surface area contributed by atoms with Crippen LogP contribution in [0.15, 0.2) is 69.6 Å². The molecule has 3 aromatic rings. The fourth-order valence-electron chi connectivity index (χ4n) is 3.53. The summed E-state index contributed by atoms with van der Waals surface area (Å²) in [5.74, 6) is -0.584. The number of halogens is 1. The Morgan fingerprint density at radius 2 is 2.00 bits per heavy atom. The zero-order chi connectivity index (χ0) is 23.0. The second kappa shape index (κ2) is 8.52. The lowest BCUT2D eigenvalue weighted by Gasteiger charge is -2.24. The summed E-state index contributed by atoms with van der Waals surface area (Å²) in [5.41, 5.74) is 1.44. The van der Waals surface area contributed by atoms with Crippen LogP contribution in [0.2, 0.25) is 5.02 Å². The van der Waals surface area contributed by atoms with Gasteiger partial charge in [-0.05, 0) is 36.3 Å². The van der Waals surface area contributed by atoms with Crippen LogP contribution >= 0.6 is 22.9 Å². The lowest BCUT2D eigenvalue weighted by Crippen LogP contribution is -2.39. The Bertz CT molecular complexity index is 1450. The summed E-state index contributed by atoms with van der Waals surface area (Å²) in [6.07, 6.45) is 1.58. The number of nitro groups is 1. The van der Waals surface area contributed by atoms with Gasteiger partial charge in [0.15, 0.2) is 4.80 Å². The summed E-state index contributed by atoms with van der Waals surface area (Å²) >= 11 is 7.17. The van der Waals surface area contributed by atoms with E-state index in [0.717, 1.165) is 11.3 Å². The summed E-state index contributed by atoms with van der Waals surface area (Å²) in [7, 11) is 1.27. The number of thiazole rings is 1. The van der Waals surface area contributed by atoms with E-state index >= 15 is 0 Å². The van der Waals surface area contributed by atoms with E-state index in [0.29, 0.717) is 31.2 Å². The number of carbonyl (C=O) groups is 1. The number of nitro benzene ring substituents is 1. The number of carbonyl (C=O) groups excluding carboxylic acids is 1. The Morgan fingerprint density at radius 1 is 1.28 bits per heavy atom. The van der Waals surface area contributed by atoms with Gasteiger partial charge in [-0.25, -0.2) is 9.79 Å². The first kappa shape index (κ1) is 21.7. The molecule has 0 amide bonds. The second-order valence-corrected chi connectivity index (χ2v) is 8.42. The van der Waals surface area contributed by atoms with Crippen LogP contribution in [0.1, 0.15) is 24.1 Å². The Hall–Kier alpha value is -3.56. The summed E-state index contributed by atoms with van der Waals surface area (Å²) in [5, 5.41) is 11.6. The minimum Gasteiger partial charge on any atom is -0.466 e. The van der Waals surface area contributed by atoms with Gasteiger partial charge >= 0.3 is 5.97 Å². The molecule has 0 saturated heterocycles. The molecule has 1 aliphatic rings. The monoisotopic (exact) mass is 469 g/mol. The van der Waals surface area contributed by atoms with Crippen molar-refractivity contribution >= 4 is 40.7 Å². The van der Waals surface area contributed by atoms with Crippen LogP contribution in [0.5, 0.6) is 0 Å².